The van der Waals surface area contributed by atoms with Crippen LogP contribution in [-0.4, -0.2) is 19.6 Å². The summed E-state index contributed by atoms with van der Waals surface area (Å²) in [7, 11) is 1.73. The van der Waals surface area contributed by atoms with Crippen LogP contribution in [0.3, 0.4) is 0 Å². The van der Waals surface area contributed by atoms with Crippen molar-refractivity contribution in [3.63, 3.8) is 0 Å². The lowest BCUT2D eigenvalue weighted by atomic mass is 10.1. The second kappa shape index (κ2) is 7.58. The van der Waals surface area contributed by atoms with Crippen LogP contribution in [0.4, 0.5) is 14.5 Å². The molecule has 0 aromatic heterocycles. The Bertz CT molecular complexity index is 409. The number of nitrogens with zero attached hydrogens (tertiary/aromatic N) is 1. The van der Waals surface area contributed by atoms with Gasteiger partial charge in [-0.15, -0.1) is 0 Å². The molecule has 1 unspecified atom stereocenters. The molecule has 0 radical (unpaired) electrons. The third-order valence-electron chi connectivity index (χ3n) is 3.56. The summed E-state index contributed by atoms with van der Waals surface area (Å²) in [5.41, 5.74) is 0.703. The zero-order valence-corrected chi connectivity index (χ0v) is 13.1. The predicted octanol–water partition coefficient (Wildman–Crippen LogP) is 3.95. The van der Waals surface area contributed by atoms with Gasteiger partial charge in [-0.3, -0.25) is 0 Å². The molecule has 1 atom stereocenters. The van der Waals surface area contributed by atoms with Crippen LogP contribution >= 0.6 is 0 Å². The molecule has 0 aliphatic rings. The highest BCUT2D eigenvalue weighted by Crippen LogP contribution is 2.26. The Morgan fingerprint density at radius 2 is 1.70 bits per heavy atom. The molecular formula is C16H26F2N2. The van der Waals surface area contributed by atoms with Crippen LogP contribution in [0.15, 0.2) is 12.1 Å². The molecule has 0 saturated heterocycles. The number of hydrogen-bond donors (Lipinski definition) is 1. The first kappa shape index (κ1) is 16.9. The number of rotatable bonds is 7. The van der Waals surface area contributed by atoms with Gasteiger partial charge in [-0.1, -0.05) is 20.8 Å². The van der Waals surface area contributed by atoms with E-state index in [2.05, 4.69) is 19.2 Å². The van der Waals surface area contributed by atoms with Crippen molar-refractivity contribution >= 4 is 5.69 Å². The van der Waals surface area contributed by atoms with Gasteiger partial charge in [-0.2, -0.15) is 0 Å². The van der Waals surface area contributed by atoms with Gasteiger partial charge >= 0.3 is 0 Å². The maximum absolute atomic E-state index is 14.1. The Labute approximate surface area is 121 Å². The maximum atomic E-state index is 14.1. The summed E-state index contributed by atoms with van der Waals surface area (Å²) < 4.78 is 28.3. The van der Waals surface area contributed by atoms with Gasteiger partial charge in [0, 0.05) is 19.6 Å². The van der Waals surface area contributed by atoms with E-state index in [0.29, 0.717) is 18.0 Å². The van der Waals surface area contributed by atoms with E-state index in [9.17, 15) is 8.78 Å². The van der Waals surface area contributed by atoms with E-state index in [1.807, 2.05) is 13.8 Å². The van der Waals surface area contributed by atoms with Crippen LogP contribution in [0.1, 0.15) is 39.7 Å². The first-order valence-electron chi connectivity index (χ1n) is 7.28. The molecule has 114 valence electrons. The lowest BCUT2D eigenvalue weighted by molar-refractivity contribution is 0.537. The summed E-state index contributed by atoms with van der Waals surface area (Å²) in [5, 5.41) is 3.19. The topological polar surface area (TPSA) is 15.3 Å². The van der Waals surface area contributed by atoms with E-state index in [1.54, 1.807) is 11.9 Å². The molecule has 0 fully saturated rings. The van der Waals surface area contributed by atoms with Gasteiger partial charge in [0.05, 0.1) is 0 Å². The first-order chi connectivity index (χ1) is 9.36. The van der Waals surface area contributed by atoms with Crippen molar-refractivity contribution in [3.8, 4) is 0 Å². The van der Waals surface area contributed by atoms with Crippen molar-refractivity contribution in [1.82, 2.24) is 5.32 Å². The normalized spacial score (nSPS) is 12.8. The van der Waals surface area contributed by atoms with Gasteiger partial charge in [0.15, 0.2) is 0 Å². The molecule has 2 nitrogen and oxygen atoms in total. The highest BCUT2D eigenvalue weighted by molar-refractivity contribution is 5.50. The Morgan fingerprint density at radius 3 is 2.15 bits per heavy atom. The fourth-order valence-electron chi connectivity index (χ4n) is 2.06. The smallest absolute Gasteiger partial charge is 0.149 e. The average molecular weight is 284 g/mol. The van der Waals surface area contributed by atoms with Gasteiger partial charge in [-0.05, 0) is 43.5 Å². The van der Waals surface area contributed by atoms with E-state index in [4.69, 9.17) is 0 Å². The van der Waals surface area contributed by atoms with Gasteiger partial charge < -0.3 is 10.2 Å². The third-order valence-corrected chi connectivity index (χ3v) is 3.56. The minimum atomic E-state index is -0.492. The standard InChI is InChI=1S/C16H26F2N2/c1-6-12(4)20(5)16-14(17)7-13(8-15(16)18)10-19-9-11(2)3/h7-8,11-12,19H,6,9-10H2,1-5H3. The van der Waals surface area contributed by atoms with E-state index >= 15 is 0 Å². The zero-order chi connectivity index (χ0) is 15.3. The molecule has 1 aromatic rings. The van der Waals surface area contributed by atoms with Crippen LogP contribution in [0.2, 0.25) is 0 Å². The Morgan fingerprint density at radius 1 is 1.15 bits per heavy atom. The SMILES string of the molecule is CCC(C)N(C)c1c(F)cc(CNCC(C)C)cc1F. The summed E-state index contributed by atoms with van der Waals surface area (Å²) in [6.45, 7) is 9.46. The van der Waals surface area contributed by atoms with Crippen molar-refractivity contribution < 1.29 is 8.78 Å². The number of anilines is 1. The summed E-state index contributed by atoms with van der Waals surface area (Å²) in [5.74, 6) is -0.469. The molecule has 1 rings (SSSR count). The zero-order valence-electron chi connectivity index (χ0n) is 13.1. The highest BCUT2D eigenvalue weighted by Gasteiger charge is 2.18. The number of hydrogen-bond acceptors (Lipinski definition) is 2. The lowest BCUT2D eigenvalue weighted by Gasteiger charge is -2.27. The van der Waals surface area contributed by atoms with Crippen molar-refractivity contribution in [2.24, 2.45) is 5.92 Å². The fourth-order valence-corrected chi connectivity index (χ4v) is 2.06. The highest BCUT2D eigenvalue weighted by atomic mass is 19.1. The third kappa shape index (κ3) is 4.44. The predicted molar refractivity (Wildman–Crippen MR) is 81.1 cm³/mol. The minimum Gasteiger partial charge on any atom is -0.367 e. The van der Waals surface area contributed by atoms with Crippen molar-refractivity contribution in [3.05, 3.63) is 29.3 Å². The molecule has 1 aromatic carbocycles. The van der Waals surface area contributed by atoms with Gasteiger partial charge in [0.25, 0.3) is 0 Å². The van der Waals surface area contributed by atoms with Gasteiger partial charge in [0.1, 0.15) is 17.3 Å². The summed E-state index contributed by atoms with van der Waals surface area (Å²) in [4.78, 5) is 1.66. The second-order valence-corrected chi connectivity index (χ2v) is 5.80. The van der Waals surface area contributed by atoms with E-state index in [0.717, 1.165) is 13.0 Å². The Hall–Kier alpha value is -1.16. The van der Waals surface area contributed by atoms with Crippen molar-refractivity contribution in [1.29, 1.82) is 0 Å². The van der Waals surface area contributed by atoms with Crippen LogP contribution < -0.4 is 10.2 Å². The minimum absolute atomic E-state index is 0.0620. The molecule has 0 spiro atoms. The van der Waals surface area contributed by atoms with Gasteiger partial charge in [0.2, 0.25) is 0 Å². The number of nitrogens with one attached hydrogen (secondary N) is 1. The number of benzene rings is 1. The van der Waals surface area contributed by atoms with E-state index in [-0.39, 0.29) is 11.7 Å². The van der Waals surface area contributed by atoms with Gasteiger partial charge in [-0.25, -0.2) is 8.78 Å². The van der Waals surface area contributed by atoms with Crippen LogP contribution in [0.5, 0.6) is 0 Å². The second-order valence-electron chi connectivity index (χ2n) is 5.80. The van der Waals surface area contributed by atoms with Crippen LogP contribution in [-0.2, 0) is 6.54 Å². The summed E-state index contributed by atoms with van der Waals surface area (Å²) in [6, 6.07) is 2.94. The average Bonchev–Trinajstić information content (AvgIpc) is 2.36. The molecule has 0 heterocycles. The van der Waals surface area contributed by atoms with Crippen LogP contribution in [0.25, 0.3) is 0 Å². The van der Waals surface area contributed by atoms with E-state index in [1.165, 1.54) is 12.1 Å². The van der Waals surface area contributed by atoms with Crippen molar-refractivity contribution in [2.45, 2.75) is 46.7 Å². The monoisotopic (exact) mass is 284 g/mol. The first-order valence-corrected chi connectivity index (χ1v) is 7.28. The maximum Gasteiger partial charge on any atom is 0.149 e. The lowest BCUT2D eigenvalue weighted by Crippen LogP contribution is -2.30. The summed E-state index contributed by atoms with van der Waals surface area (Å²) >= 11 is 0. The Balaban J connectivity index is 2.86. The molecule has 20 heavy (non-hydrogen) atoms. The van der Waals surface area contributed by atoms with E-state index < -0.39 is 11.6 Å². The molecule has 0 aliphatic carbocycles. The number of halogens is 2. The molecule has 4 heteroatoms. The molecule has 0 saturated carbocycles. The van der Waals surface area contributed by atoms with Crippen molar-refractivity contribution in [2.75, 3.05) is 18.5 Å². The molecule has 0 bridgehead atoms. The Kier molecular flexibility index (Phi) is 6.40. The molecule has 0 aliphatic heterocycles. The molecule has 0 amide bonds. The largest absolute Gasteiger partial charge is 0.367 e. The quantitative estimate of drug-likeness (QED) is 0.815. The van der Waals surface area contributed by atoms with Crippen LogP contribution in [0, 0.1) is 17.6 Å². The molecular weight excluding hydrogens is 258 g/mol. The summed E-state index contributed by atoms with van der Waals surface area (Å²) in [6.07, 6.45) is 0.840. The fraction of sp³-hybridized carbons (Fsp3) is 0.625. The molecule has 1 N–H and O–H groups in total.